The van der Waals surface area contributed by atoms with Crippen LogP contribution >= 0.6 is 11.3 Å². The maximum Gasteiger partial charge on any atom is 0.303 e. The Bertz CT molecular complexity index is 1290. The highest BCUT2D eigenvalue weighted by atomic mass is 32.1. The molecule has 234 valence electrons. The van der Waals surface area contributed by atoms with Gasteiger partial charge in [0.25, 0.3) is 0 Å². The van der Waals surface area contributed by atoms with E-state index in [1.165, 1.54) is 0 Å². The Labute approximate surface area is 258 Å². The number of aromatic nitrogens is 1. The molecule has 1 aromatic heterocycles. The van der Waals surface area contributed by atoms with Gasteiger partial charge in [-0.15, -0.1) is 11.3 Å². The molecule has 1 saturated carbocycles. The fraction of sp³-hybridized carbons (Fsp3) is 0.606. The third kappa shape index (κ3) is 8.43. The summed E-state index contributed by atoms with van der Waals surface area (Å²) in [4.78, 5) is 58.6. The molecule has 2 aromatic rings. The van der Waals surface area contributed by atoms with Gasteiger partial charge in [-0.3, -0.25) is 19.2 Å². The number of benzene rings is 1. The number of aryl methyl sites for hydroxylation is 1. The summed E-state index contributed by atoms with van der Waals surface area (Å²) in [6, 6.07) is 6.55. The van der Waals surface area contributed by atoms with Crippen LogP contribution in [0.3, 0.4) is 0 Å². The highest BCUT2D eigenvalue weighted by Crippen LogP contribution is 2.33. The van der Waals surface area contributed by atoms with Crippen LogP contribution in [0.25, 0.3) is 10.4 Å². The predicted octanol–water partition coefficient (Wildman–Crippen LogP) is 5.49. The van der Waals surface area contributed by atoms with Crippen molar-refractivity contribution in [2.45, 2.75) is 104 Å². The molecule has 0 bridgehead atoms. The van der Waals surface area contributed by atoms with Crippen molar-refractivity contribution in [3.8, 4) is 10.4 Å². The fourth-order valence-electron chi connectivity index (χ4n) is 6.38. The fourth-order valence-corrected chi connectivity index (χ4v) is 7.19. The number of carboxylic acids is 1. The molecule has 1 saturated heterocycles. The topological polar surface area (TPSA) is 129 Å². The van der Waals surface area contributed by atoms with Gasteiger partial charge in [-0.2, -0.15) is 0 Å². The van der Waals surface area contributed by atoms with E-state index in [4.69, 9.17) is 5.11 Å². The van der Waals surface area contributed by atoms with Gasteiger partial charge in [0.15, 0.2) is 0 Å². The number of nitrogens with one attached hydrogen (secondary N) is 2. The van der Waals surface area contributed by atoms with Crippen molar-refractivity contribution in [1.82, 2.24) is 20.5 Å². The number of carboxylic acid groups (broad SMARTS) is 1. The summed E-state index contributed by atoms with van der Waals surface area (Å²) in [5, 5.41) is 15.2. The second-order valence-electron chi connectivity index (χ2n) is 13.4. The Balaban J connectivity index is 1.35. The van der Waals surface area contributed by atoms with Crippen molar-refractivity contribution >= 4 is 35.0 Å². The van der Waals surface area contributed by atoms with Crippen molar-refractivity contribution in [2.24, 2.45) is 17.3 Å². The monoisotopic (exact) mass is 610 g/mol. The molecular formula is C33H46N4O5S. The molecule has 1 aliphatic carbocycles. The molecule has 0 radical (unpaired) electrons. The Kier molecular flexibility index (Phi) is 10.6. The molecule has 43 heavy (non-hydrogen) atoms. The molecule has 2 aliphatic rings. The molecule has 9 nitrogen and oxygen atoms in total. The minimum absolute atomic E-state index is 0.166. The molecule has 3 atom stereocenters. The summed E-state index contributed by atoms with van der Waals surface area (Å²) >= 11 is 1.60. The normalized spacial score (nSPS) is 22.1. The summed E-state index contributed by atoms with van der Waals surface area (Å²) in [7, 11) is 0. The van der Waals surface area contributed by atoms with Gasteiger partial charge in [-0.25, -0.2) is 4.98 Å². The zero-order valence-corrected chi connectivity index (χ0v) is 26.8. The average Bonchev–Trinajstić information content (AvgIpc) is 3.61. The van der Waals surface area contributed by atoms with Gasteiger partial charge >= 0.3 is 5.97 Å². The van der Waals surface area contributed by atoms with Gasteiger partial charge in [0.2, 0.25) is 17.7 Å². The standard InChI is InChI=1S/C33H46N4O5S/c1-20(24-12-14-25(15-13-24)29-21(2)34-19-43-29)35-31(41)26-7-6-16-37(26)32(42)30(33(3,4)5)36-27(38)17-22-8-10-23(11-9-22)18-28(39)40/h12-15,19-20,22-23,26,30H,6-11,16-18H2,1-5H3,(H,35,41)(H,36,38)(H,39,40). The van der Waals surface area contributed by atoms with Crippen molar-refractivity contribution in [2.75, 3.05) is 6.54 Å². The minimum atomic E-state index is -0.771. The first-order valence-electron chi connectivity index (χ1n) is 15.5. The summed E-state index contributed by atoms with van der Waals surface area (Å²) in [6.07, 6.45) is 5.07. The number of thiazole rings is 1. The van der Waals surface area contributed by atoms with Gasteiger partial charge in [-0.05, 0) is 80.8 Å². The molecule has 2 fully saturated rings. The lowest BCUT2D eigenvalue weighted by molar-refractivity contribution is -0.144. The maximum absolute atomic E-state index is 13.9. The van der Waals surface area contributed by atoms with Crippen molar-refractivity contribution < 1.29 is 24.3 Å². The van der Waals surface area contributed by atoms with Crippen LogP contribution in [0.1, 0.15) is 96.4 Å². The smallest absolute Gasteiger partial charge is 0.303 e. The number of aliphatic carboxylic acids is 1. The van der Waals surface area contributed by atoms with Crippen LogP contribution < -0.4 is 10.6 Å². The largest absolute Gasteiger partial charge is 0.481 e. The van der Waals surface area contributed by atoms with Crippen molar-refractivity contribution in [3.63, 3.8) is 0 Å². The molecule has 3 unspecified atom stereocenters. The first-order chi connectivity index (χ1) is 20.3. The van der Waals surface area contributed by atoms with E-state index in [9.17, 15) is 19.2 Å². The molecule has 1 aliphatic heterocycles. The SMILES string of the molecule is Cc1ncsc1-c1ccc(C(C)NC(=O)C2CCCN2C(=O)C(NC(=O)CC2CCC(CC(=O)O)CC2)C(C)(C)C)cc1. The number of likely N-dealkylation sites (tertiary alicyclic amines) is 1. The van der Waals surface area contributed by atoms with Gasteiger partial charge in [-0.1, -0.05) is 45.0 Å². The molecule has 3 amide bonds. The lowest BCUT2D eigenvalue weighted by Gasteiger charge is -2.36. The number of amides is 3. The number of carbonyl (C=O) groups is 4. The van der Waals surface area contributed by atoms with E-state index in [-0.39, 0.29) is 42.0 Å². The van der Waals surface area contributed by atoms with E-state index in [2.05, 4.69) is 15.6 Å². The van der Waals surface area contributed by atoms with Crippen LogP contribution in [0, 0.1) is 24.2 Å². The van der Waals surface area contributed by atoms with Crippen LogP contribution in [-0.4, -0.2) is 57.3 Å². The molecule has 10 heteroatoms. The summed E-state index contributed by atoms with van der Waals surface area (Å²) in [6.45, 7) is 10.2. The molecule has 0 spiro atoms. The van der Waals surface area contributed by atoms with Gasteiger partial charge in [0.1, 0.15) is 12.1 Å². The van der Waals surface area contributed by atoms with Gasteiger partial charge < -0.3 is 20.6 Å². The Hall–Kier alpha value is -3.27. The first kappa shape index (κ1) is 32.6. The van der Waals surface area contributed by atoms with E-state index in [0.717, 1.165) is 53.8 Å². The van der Waals surface area contributed by atoms with Crippen LogP contribution in [-0.2, 0) is 19.2 Å². The van der Waals surface area contributed by atoms with Crippen LogP contribution in [0.5, 0.6) is 0 Å². The maximum atomic E-state index is 13.9. The van der Waals surface area contributed by atoms with Crippen LogP contribution in [0.2, 0.25) is 0 Å². The Morgan fingerprint density at radius 2 is 1.63 bits per heavy atom. The lowest BCUT2D eigenvalue weighted by Crippen LogP contribution is -2.57. The van der Waals surface area contributed by atoms with E-state index >= 15 is 0 Å². The van der Waals surface area contributed by atoms with E-state index in [1.807, 2.05) is 64.4 Å². The summed E-state index contributed by atoms with van der Waals surface area (Å²) in [5.74, 6) is -0.978. The van der Waals surface area contributed by atoms with E-state index in [0.29, 0.717) is 19.4 Å². The Morgan fingerprint density at radius 1 is 1.00 bits per heavy atom. The number of rotatable bonds is 10. The molecule has 2 heterocycles. The summed E-state index contributed by atoms with van der Waals surface area (Å²) < 4.78 is 0. The highest BCUT2D eigenvalue weighted by molar-refractivity contribution is 7.13. The van der Waals surface area contributed by atoms with Crippen LogP contribution in [0.15, 0.2) is 29.8 Å². The first-order valence-corrected chi connectivity index (χ1v) is 16.3. The second kappa shape index (κ2) is 14.0. The second-order valence-corrected chi connectivity index (χ2v) is 14.2. The van der Waals surface area contributed by atoms with E-state index in [1.54, 1.807) is 16.2 Å². The highest BCUT2D eigenvalue weighted by Gasteiger charge is 2.42. The lowest BCUT2D eigenvalue weighted by atomic mass is 9.79. The average molecular weight is 611 g/mol. The molecule has 4 rings (SSSR count). The zero-order chi connectivity index (χ0) is 31.3. The quantitative estimate of drug-likeness (QED) is 0.326. The number of carbonyl (C=O) groups excluding carboxylic acids is 3. The Morgan fingerprint density at radius 3 is 2.19 bits per heavy atom. The van der Waals surface area contributed by atoms with Crippen molar-refractivity contribution in [1.29, 1.82) is 0 Å². The van der Waals surface area contributed by atoms with Crippen molar-refractivity contribution in [3.05, 3.63) is 41.0 Å². The van der Waals surface area contributed by atoms with Gasteiger partial charge in [0, 0.05) is 19.4 Å². The van der Waals surface area contributed by atoms with Crippen LogP contribution in [0.4, 0.5) is 0 Å². The van der Waals surface area contributed by atoms with Gasteiger partial charge in [0.05, 0.1) is 22.1 Å². The number of nitrogens with zero attached hydrogens (tertiary/aromatic N) is 2. The zero-order valence-electron chi connectivity index (χ0n) is 26.0. The number of hydrogen-bond donors (Lipinski definition) is 3. The third-order valence-corrected chi connectivity index (χ3v) is 9.92. The third-order valence-electron chi connectivity index (χ3n) is 8.94. The molecule has 3 N–H and O–H groups in total. The molecular weight excluding hydrogens is 564 g/mol. The molecule has 1 aromatic carbocycles. The minimum Gasteiger partial charge on any atom is -0.481 e. The summed E-state index contributed by atoms with van der Waals surface area (Å²) in [5.41, 5.74) is 4.36. The predicted molar refractivity (Wildman–Crippen MR) is 167 cm³/mol. The number of hydrogen-bond acceptors (Lipinski definition) is 6. The van der Waals surface area contributed by atoms with E-state index < -0.39 is 23.5 Å².